The Bertz CT molecular complexity index is 609. The third-order valence-corrected chi connectivity index (χ3v) is 3.76. The number of hydrogen-bond donors (Lipinski definition) is 1. The minimum atomic E-state index is 0.0686. The highest BCUT2D eigenvalue weighted by Crippen LogP contribution is 2.27. The van der Waals surface area contributed by atoms with Crippen molar-refractivity contribution in [3.05, 3.63) is 53.4 Å². The van der Waals surface area contributed by atoms with Crippen molar-refractivity contribution < 1.29 is 9.32 Å². The monoisotopic (exact) mass is 285 g/mol. The van der Waals surface area contributed by atoms with Crippen LogP contribution in [0.5, 0.6) is 0 Å². The lowest BCUT2D eigenvalue weighted by atomic mass is 10.0. The topological polar surface area (TPSA) is 58.4 Å². The van der Waals surface area contributed by atoms with Crippen molar-refractivity contribution in [1.29, 1.82) is 0 Å². The summed E-state index contributed by atoms with van der Waals surface area (Å²) in [5.74, 6) is 0.933. The lowest BCUT2D eigenvalue weighted by Gasteiger charge is -2.28. The van der Waals surface area contributed by atoms with Gasteiger partial charge in [-0.15, -0.1) is 0 Å². The van der Waals surface area contributed by atoms with Crippen LogP contribution in [0.2, 0.25) is 0 Å². The summed E-state index contributed by atoms with van der Waals surface area (Å²) in [7, 11) is 0. The maximum absolute atomic E-state index is 11.9. The van der Waals surface area contributed by atoms with Gasteiger partial charge in [-0.1, -0.05) is 35.5 Å². The molecule has 1 aromatic carbocycles. The molecule has 1 aromatic heterocycles. The van der Waals surface area contributed by atoms with E-state index in [1.807, 2.05) is 31.2 Å². The maximum atomic E-state index is 11.9. The fraction of sp³-hybridized carbons (Fsp3) is 0.375. The summed E-state index contributed by atoms with van der Waals surface area (Å²) in [6.45, 7) is 4.03. The van der Waals surface area contributed by atoms with Crippen LogP contribution >= 0.6 is 0 Å². The highest BCUT2D eigenvalue weighted by molar-refractivity contribution is 5.77. The number of rotatable bonds is 3. The van der Waals surface area contributed by atoms with Crippen LogP contribution in [-0.4, -0.2) is 29.1 Å². The Morgan fingerprint density at radius 2 is 2.19 bits per heavy atom. The molecular weight excluding hydrogens is 266 g/mol. The minimum absolute atomic E-state index is 0.0686. The van der Waals surface area contributed by atoms with Gasteiger partial charge in [-0.3, -0.25) is 9.69 Å². The van der Waals surface area contributed by atoms with E-state index in [0.29, 0.717) is 19.5 Å². The number of carbonyl (C=O) groups is 1. The van der Waals surface area contributed by atoms with Gasteiger partial charge in [0.05, 0.1) is 12.2 Å². The summed E-state index contributed by atoms with van der Waals surface area (Å²) in [5.41, 5.74) is 2.04. The quantitative estimate of drug-likeness (QED) is 0.937. The molecule has 1 fully saturated rings. The predicted octanol–water partition coefficient (Wildman–Crippen LogP) is 2.05. The van der Waals surface area contributed by atoms with E-state index < -0.39 is 0 Å². The average Bonchev–Trinajstić information content (AvgIpc) is 2.80. The first-order valence-electron chi connectivity index (χ1n) is 7.20. The molecule has 5 heteroatoms. The first-order chi connectivity index (χ1) is 10.2. The number of hydrogen-bond acceptors (Lipinski definition) is 4. The van der Waals surface area contributed by atoms with Crippen LogP contribution in [0.15, 0.2) is 40.9 Å². The molecule has 1 amide bonds. The average molecular weight is 285 g/mol. The zero-order chi connectivity index (χ0) is 14.7. The zero-order valence-electron chi connectivity index (χ0n) is 12.1. The highest BCUT2D eigenvalue weighted by atomic mass is 16.5. The van der Waals surface area contributed by atoms with E-state index in [1.165, 1.54) is 0 Å². The normalized spacial score (nSPS) is 20.0. The Labute approximate surface area is 123 Å². The summed E-state index contributed by atoms with van der Waals surface area (Å²) in [6.07, 6.45) is 0.469. The molecule has 21 heavy (non-hydrogen) atoms. The number of amides is 1. The Morgan fingerprint density at radius 3 is 2.90 bits per heavy atom. The lowest BCUT2D eigenvalue weighted by molar-refractivity contribution is -0.121. The van der Waals surface area contributed by atoms with Crippen LogP contribution < -0.4 is 5.32 Å². The van der Waals surface area contributed by atoms with E-state index in [4.69, 9.17) is 4.52 Å². The minimum Gasteiger partial charge on any atom is -0.360 e. The van der Waals surface area contributed by atoms with E-state index in [1.54, 1.807) is 0 Å². The summed E-state index contributed by atoms with van der Waals surface area (Å²) in [5, 5.41) is 6.87. The first kappa shape index (κ1) is 13.8. The molecule has 0 spiro atoms. The van der Waals surface area contributed by atoms with Crippen LogP contribution in [0.4, 0.5) is 0 Å². The fourth-order valence-corrected chi connectivity index (χ4v) is 2.76. The van der Waals surface area contributed by atoms with Gasteiger partial charge in [-0.05, 0) is 12.5 Å². The highest BCUT2D eigenvalue weighted by Gasteiger charge is 2.27. The van der Waals surface area contributed by atoms with Gasteiger partial charge in [0.1, 0.15) is 0 Å². The number of nitrogens with zero attached hydrogens (tertiary/aromatic N) is 2. The third-order valence-electron chi connectivity index (χ3n) is 3.76. The molecule has 0 saturated carbocycles. The van der Waals surface area contributed by atoms with Gasteiger partial charge in [0.15, 0.2) is 5.76 Å². The van der Waals surface area contributed by atoms with Crippen LogP contribution in [0.1, 0.15) is 29.5 Å². The SMILES string of the molecule is Cc1cc(CN2CCNC(=O)CC2c2ccccc2)on1. The largest absolute Gasteiger partial charge is 0.360 e. The van der Waals surface area contributed by atoms with E-state index in [0.717, 1.165) is 23.6 Å². The van der Waals surface area contributed by atoms with Gasteiger partial charge >= 0.3 is 0 Å². The van der Waals surface area contributed by atoms with Crippen LogP contribution in [0, 0.1) is 6.92 Å². The molecular formula is C16H19N3O2. The third kappa shape index (κ3) is 3.31. The van der Waals surface area contributed by atoms with Crippen LogP contribution in [-0.2, 0) is 11.3 Å². The summed E-state index contributed by atoms with van der Waals surface area (Å²) in [6, 6.07) is 12.2. The molecule has 1 saturated heterocycles. The molecule has 0 radical (unpaired) electrons. The molecule has 1 aliphatic heterocycles. The second-order valence-electron chi connectivity index (χ2n) is 5.39. The molecule has 1 N–H and O–H groups in total. The number of aryl methyl sites for hydroxylation is 1. The van der Waals surface area contributed by atoms with E-state index >= 15 is 0 Å². The first-order valence-corrected chi connectivity index (χ1v) is 7.20. The molecule has 1 atom stereocenters. The van der Waals surface area contributed by atoms with Gasteiger partial charge in [0.25, 0.3) is 0 Å². The van der Waals surface area contributed by atoms with Crippen LogP contribution in [0.25, 0.3) is 0 Å². The van der Waals surface area contributed by atoms with E-state index in [2.05, 4.69) is 27.5 Å². The Balaban J connectivity index is 1.85. The number of nitrogens with one attached hydrogen (secondary N) is 1. The van der Waals surface area contributed by atoms with Crippen molar-refractivity contribution >= 4 is 5.91 Å². The molecule has 3 rings (SSSR count). The summed E-state index contributed by atoms with van der Waals surface area (Å²) >= 11 is 0. The van der Waals surface area contributed by atoms with Gasteiger partial charge in [-0.25, -0.2) is 0 Å². The van der Waals surface area contributed by atoms with E-state index in [9.17, 15) is 4.79 Å². The van der Waals surface area contributed by atoms with Crippen molar-refractivity contribution in [3.8, 4) is 0 Å². The smallest absolute Gasteiger partial charge is 0.221 e. The van der Waals surface area contributed by atoms with Crippen molar-refractivity contribution in [2.45, 2.75) is 25.9 Å². The predicted molar refractivity (Wildman–Crippen MR) is 78.5 cm³/mol. The molecule has 0 bridgehead atoms. The summed E-state index contributed by atoms with van der Waals surface area (Å²) in [4.78, 5) is 14.2. The Hall–Kier alpha value is -2.14. The molecule has 5 nitrogen and oxygen atoms in total. The fourth-order valence-electron chi connectivity index (χ4n) is 2.76. The second-order valence-corrected chi connectivity index (χ2v) is 5.39. The van der Waals surface area contributed by atoms with Gasteiger partial charge in [-0.2, -0.15) is 0 Å². The van der Waals surface area contributed by atoms with Crippen molar-refractivity contribution in [3.63, 3.8) is 0 Å². The lowest BCUT2D eigenvalue weighted by Crippen LogP contribution is -2.30. The number of aromatic nitrogens is 1. The summed E-state index contributed by atoms with van der Waals surface area (Å²) < 4.78 is 5.32. The zero-order valence-corrected chi connectivity index (χ0v) is 12.1. The molecule has 1 aliphatic rings. The standard InChI is InChI=1S/C16H19N3O2/c1-12-9-14(21-18-12)11-19-8-7-17-16(20)10-15(19)13-5-3-2-4-6-13/h2-6,9,15H,7-8,10-11H2,1H3,(H,17,20). The second kappa shape index (κ2) is 6.10. The molecule has 0 aliphatic carbocycles. The van der Waals surface area contributed by atoms with Gasteiger partial charge < -0.3 is 9.84 Å². The van der Waals surface area contributed by atoms with E-state index in [-0.39, 0.29) is 11.9 Å². The Morgan fingerprint density at radius 1 is 1.38 bits per heavy atom. The van der Waals surface area contributed by atoms with Crippen molar-refractivity contribution in [2.24, 2.45) is 0 Å². The van der Waals surface area contributed by atoms with Gasteiger partial charge in [0, 0.05) is 31.6 Å². The molecule has 2 aromatic rings. The van der Waals surface area contributed by atoms with Crippen molar-refractivity contribution in [2.75, 3.05) is 13.1 Å². The molecule has 110 valence electrons. The molecule has 1 unspecified atom stereocenters. The van der Waals surface area contributed by atoms with Crippen LogP contribution in [0.3, 0.4) is 0 Å². The maximum Gasteiger partial charge on any atom is 0.221 e. The number of carbonyl (C=O) groups excluding carboxylic acids is 1. The number of benzene rings is 1. The molecule has 2 heterocycles. The Kier molecular flexibility index (Phi) is 4.01. The van der Waals surface area contributed by atoms with Crippen molar-refractivity contribution in [1.82, 2.24) is 15.4 Å². The van der Waals surface area contributed by atoms with Gasteiger partial charge in [0.2, 0.25) is 5.91 Å².